The third-order valence-electron chi connectivity index (χ3n) is 2.13. The van der Waals surface area contributed by atoms with Gasteiger partial charge in [-0.05, 0) is 19.3 Å². The lowest BCUT2D eigenvalue weighted by Crippen LogP contribution is -2.69. The van der Waals surface area contributed by atoms with Crippen molar-refractivity contribution < 1.29 is 0 Å². The van der Waals surface area contributed by atoms with Crippen molar-refractivity contribution >= 4 is 46.4 Å². The van der Waals surface area contributed by atoms with Crippen LogP contribution in [0.1, 0.15) is 19.3 Å². The molecule has 2 nitrogen and oxygen atoms in total. The number of nitrogens with two attached hydrogens (primary N) is 2. The van der Waals surface area contributed by atoms with Crippen molar-refractivity contribution in [2.75, 3.05) is 0 Å². The van der Waals surface area contributed by atoms with Crippen molar-refractivity contribution in [2.24, 2.45) is 11.5 Å². The maximum Gasteiger partial charge on any atom is 0.181 e. The Hall–Kier alpha value is 1.08. The van der Waals surface area contributed by atoms with E-state index in [1.54, 1.807) is 0 Å². The van der Waals surface area contributed by atoms with Crippen LogP contribution in [0.25, 0.3) is 0 Å². The molecule has 0 bridgehead atoms. The zero-order chi connectivity index (χ0) is 9.62. The quantitative estimate of drug-likeness (QED) is 0.512. The molecule has 1 rings (SSSR count). The Bertz CT molecular complexity index is 172. The van der Waals surface area contributed by atoms with Crippen LogP contribution in [0.3, 0.4) is 0 Å². The summed E-state index contributed by atoms with van der Waals surface area (Å²) >= 11 is 23.6. The molecule has 6 heteroatoms. The summed E-state index contributed by atoms with van der Waals surface area (Å²) in [5.41, 5.74) is 10.1. The maximum absolute atomic E-state index is 5.91. The van der Waals surface area contributed by atoms with Gasteiger partial charge in [0.15, 0.2) is 8.67 Å². The molecular formula is C6H10Cl4N2. The van der Waals surface area contributed by atoms with Crippen molar-refractivity contribution in [3.63, 3.8) is 0 Å². The lowest BCUT2D eigenvalue weighted by atomic mass is 9.88. The predicted molar refractivity (Wildman–Crippen MR) is 53.8 cm³/mol. The third kappa shape index (κ3) is 1.54. The van der Waals surface area contributed by atoms with Crippen LogP contribution in [0, 0.1) is 0 Å². The van der Waals surface area contributed by atoms with E-state index >= 15 is 0 Å². The molecule has 0 radical (unpaired) electrons. The van der Waals surface area contributed by atoms with Crippen molar-refractivity contribution in [3.05, 3.63) is 0 Å². The molecular weight excluding hydrogens is 242 g/mol. The molecule has 1 saturated carbocycles. The standard InChI is InChI=1S/C6H10Cl4N2/c7-4(8)2-1-3-5(11,12)6(4,9)10/h1-3,11-12H2. The predicted octanol–water partition coefficient (Wildman–Crippen LogP) is 2.13. The van der Waals surface area contributed by atoms with Gasteiger partial charge in [-0.3, -0.25) is 0 Å². The van der Waals surface area contributed by atoms with Gasteiger partial charge in [-0.2, -0.15) is 0 Å². The van der Waals surface area contributed by atoms with E-state index < -0.39 is 14.3 Å². The Morgan fingerprint density at radius 1 is 0.917 bits per heavy atom. The van der Waals surface area contributed by atoms with Gasteiger partial charge in [0, 0.05) is 0 Å². The average Bonchev–Trinajstić information content (AvgIpc) is 1.83. The first-order valence-electron chi connectivity index (χ1n) is 3.54. The Morgan fingerprint density at radius 2 is 1.42 bits per heavy atom. The first-order chi connectivity index (χ1) is 5.21. The van der Waals surface area contributed by atoms with E-state index in [1.165, 1.54) is 0 Å². The van der Waals surface area contributed by atoms with E-state index in [9.17, 15) is 0 Å². The summed E-state index contributed by atoms with van der Waals surface area (Å²) in [6, 6.07) is 0. The molecule has 1 aliphatic rings. The van der Waals surface area contributed by atoms with Gasteiger partial charge in [-0.1, -0.05) is 46.4 Å². The molecule has 0 aliphatic heterocycles. The number of alkyl halides is 4. The lowest BCUT2D eigenvalue weighted by Gasteiger charge is -2.47. The van der Waals surface area contributed by atoms with Gasteiger partial charge in [0.25, 0.3) is 0 Å². The molecule has 0 unspecified atom stereocenters. The Kier molecular flexibility index (Phi) is 2.83. The molecule has 4 N–H and O–H groups in total. The van der Waals surface area contributed by atoms with Gasteiger partial charge in [0.1, 0.15) is 5.66 Å². The highest BCUT2D eigenvalue weighted by Gasteiger charge is 2.60. The minimum atomic E-state index is -1.50. The van der Waals surface area contributed by atoms with Gasteiger partial charge in [0.2, 0.25) is 0 Å². The first kappa shape index (κ1) is 11.2. The van der Waals surface area contributed by atoms with Crippen LogP contribution < -0.4 is 11.5 Å². The third-order valence-corrected chi connectivity index (χ3v) is 4.81. The number of halogens is 4. The smallest absolute Gasteiger partial charge is 0.181 e. The van der Waals surface area contributed by atoms with Gasteiger partial charge < -0.3 is 11.5 Å². The minimum absolute atomic E-state index is 0.499. The van der Waals surface area contributed by atoms with Crippen LogP contribution in [-0.2, 0) is 0 Å². The van der Waals surface area contributed by atoms with Crippen molar-refractivity contribution in [2.45, 2.75) is 33.6 Å². The first-order valence-corrected chi connectivity index (χ1v) is 5.05. The van der Waals surface area contributed by atoms with E-state index in [0.29, 0.717) is 12.8 Å². The molecule has 0 atom stereocenters. The summed E-state index contributed by atoms with van der Waals surface area (Å²) in [5, 5.41) is 0. The van der Waals surface area contributed by atoms with Gasteiger partial charge >= 0.3 is 0 Å². The van der Waals surface area contributed by atoms with Crippen LogP contribution in [0.5, 0.6) is 0 Å². The number of hydrogen-bond donors (Lipinski definition) is 2. The highest BCUT2D eigenvalue weighted by molar-refractivity contribution is 6.63. The molecule has 12 heavy (non-hydrogen) atoms. The second-order valence-corrected chi connectivity index (χ2v) is 5.98. The SMILES string of the molecule is NC1(N)CCCC(Cl)(Cl)C1(Cl)Cl. The monoisotopic (exact) mass is 250 g/mol. The summed E-state index contributed by atoms with van der Waals surface area (Å²) in [6.45, 7) is 0. The largest absolute Gasteiger partial charge is 0.311 e. The highest BCUT2D eigenvalue weighted by atomic mass is 35.5. The van der Waals surface area contributed by atoms with E-state index in [0.717, 1.165) is 6.42 Å². The van der Waals surface area contributed by atoms with Crippen LogP contribution in [0.4, 0.5) is 0 Å². The zero-order valence-electron chi connectivity index (χ0n) is 6.29. The fourth-order valence-electron chi connectivity index (χ4n) is 1.26. The molecule has 72 valence electrons. The topological polar surface area (TPSA) is 52.0 Å². The maximum atomic E-state index is 5.91. The van der Waals surface area contributed by atoms with E-state index in [-0.39, 0.29) is 0 Å². The van der Waals surface area contributed by atoms with E-state index in [4.69, 9.17) is 57.9 Å². The Balaban J connectivity index is 2.99. The van der Waals surface area contributed by atoms with Gasteiger partial charge in [0.05, 0.1) is 0 Å². The normalized spacial score (nSPS) is 31.5. The second-order valence-electron chi connectivity index (χ2n) is 3.17. The zero-order valence-corrected chi connectivity index (χ0v) is 9.31. The second kappa shape index (κ2) is 3.04. The Labute approximate surface area is 91.5 Å². The molecule has 0 saturated heterocycles. The van der Waals surface area contributed by atoms with E-state index in [2.05, 4.69) is 0 Å². The molecule has 1 fully saturated rings. The van der Waals surface area contributed by atoms with Crippen LogP contribution in [0.2, 0.25) is 0 Å². The highest BCUT2D eigenvalue weighted by Crippen LogP contribution is 2.54. The molecule has 0 amide bonds. The van der Waals surface area contributed by atoms with Crippen molar-refractivity contribution in [3.8, 4) is 0 Å². The van der Waals surface area contributed by atoms with Gasteiger partial charge in [-0.25, -0.2) is 0 Å². The minimum Gasteiger partial charge on any atom is -0.311 e. The summed E-state index contributed by atoms with van der Waals surface area (Å²) in [7, 11) is 0. The molecule has 0 spiro atoms. The summed E-state index contributed by atoms with van der Waals surface area (Å²) < 4.78 is -2.76. The summed E-state index contributed by atoms with van der Waals surface area (Å²) in [4.78, 5) is 0. The molecule has 0 aromatic carbocycles. The van der Waals surface area contributed by atoms with E-state index in [1.807, 2.05) is 0 Å². The molecule has 1 aliphatic carbocycles. The fraction of sp³-hybridized carbons (Fsp3) is 1.00. The van der Waals surface area contributed by atoms with Crippen molar-refractivity contribution in [1.82, 2.24) is 0 Å². The van der Waals surface area contributed by atoms with Gasteiger partial charge in [-0.15, -0.1) is 0 Å². The summed E-state index contributed by atoms with van der Waals surface area (Å²) in [6.07, 6.45) is 1.74. The number of hydrogen-bond acceptors (Lipinski definition) is 2. The van der Waals surface area contributed by atoms with Crippen LogP contribution in [-0.4, -0.2) is 14.3 Å². The molecule has 0 heterocycles. The number of rotatable bonds is 0. The van der Waals surface area contributed by atoms with Crippen LogP contribution in [0.15, 0.2) is 0 Å². The molecule has 0 aromatic rings. The molecule has 0 aromatic heterocycles. The lowest BCUT2D eigenvalue weighted by molar-refractivity contribution is 0.273. The average molecular weight is 252 g/mol. The van der Waals surface area contributed by atoms with Crippen LogP contribution >= 0.6 is 46.4 Å². The van der Waals surface area contributed by atoms with Crippen molar-refractivity contribution in [1.29, 1.82) is 0 Å². The summed E-state index contributed by atoms with van der Waals surface area (Å²) in [5.74, 6) is 0. The fourth-order valence-corrected chi connectivity index (χ4v) is 2.25. The Morgan fingerprint density at radius 3 is 1.75 bits per heavy atom.